The van der Waals surface area contributed by atoms with Crippen LogP contribution in [0.2, 0.25) is 5.02 Å². The highest BCUT2D eigenvalue weighted by molar-refractivity contribution is 6.31. The van der Waals surface area contributed by atoms with E-state index in [1.165, 1.54) is 12.1 Å². The van der Waals surface area contributed by atoms with Crippen molar-refractivity contribution in [3.05, 3.63) is 100 Å². The van der Waals surface area contributed by atoms with E-state index in [2.05, 4.69) is 5.32 Å². The quantitative estimate of drug-likeness (QED) is 0.664. The molecule has 3 nitrogen and oxygen atoms in total. The average Bonchev–Trinajstić information content (AvgIpc) is 2.67. The number of hydrogen-bond acceptors (Lipinski definition) is 2. The molecule has 0 radical (unpaired) electrons. The highest BCUT2D eigenvalue weighted by Crippen LogP contribution is 2.24. The standard InChI is InChI=1S/C21H17ClFNO2/c22-17-8-11-20(26-14-16-4-2-1-3-5-16)19(12-17)21(25)24-13-15-6-9-18(23)10-7-15/h1-12H,13-14H2,(H,24,25). The maximum absolute atomic E-state index is 13.0. The van der Waals surface area contributed by atoms with Crippen LogP contribution < -0.4 is 10.1 Å². The smallest absolute Gasteiger partial charge is 0.255 e. The maximum atomic E-state index is 13.0. The first-order chi connectivity index (χ1) is 12.6. The molecule has 1 amide bonds. The van der Waals surface area contributed by atoms with Crippen molar-refractivity contribution in [1.82, 2.24) is 5.32 Å². The molecule has 0 aliphatic heterocycles. The average molecular weight is 370 g/mol. The number of carbonyl (C=O) groups is 1. The third-order valence-electron chi connectivity index (χ3n) is 3.79. The predicted octanol–water partition coefficient (Wildman–Crippen LogP) is 4.99. The number of amides is 1. The summed E-state index contributed by atoms with van der Waals surface area (Å²) in [6.07, 6.45) is 0. The molecule has 5 heteroatoms. The van der Waals surface area contributed by atoms with Gasteiger partial charge >= 0.3 is 0 Å². The first kappa shape index (κ1) is 18.0. The topological polar surface area (TPSA) is 38.3 Å². The molecule has 0 aliphatic carbocycles. The molecule has 0 unspecified atom stereocenters. The Bertz CT molecular complexity index is 882. The summed E-state index contributed by atoms with van der Waals surface area (Å²) in [5, 5.41) is 3.25. The molecule has 0 aromatic heterocycles. The van der Waals surface area contributed by atoms with Gasteiger partial charge in [-0.2, -0.15) is 0 Å². The minimum atomic E-state index is -0.313. The van der Waals surface area contributed by atoms with E-state index in [1.54, 1.807) is 30.3 Å². The van der Waals surface area contributed by atoms with Crippen LogP contribution in [0, 0.1) is 5.82 Å². The monoisotopic (exact) mass is 369 g/mol. The summed E-state index contributed by atoms with van der Waals surface area (Å²) in [5.41, 5.74) is 2.16. The fraction of sp³-hybridized carbons (Fsp3) is 0.0952. The molecule has 0 saturated heterocycles. The summed E-state index contributed by atoms with van der Waals surface area (Å²) in [5.74, 6) is -0.165. The molecule has 0 aliphatic rings. The van der Waals surface area contributed by atoms with Crippen LogP contribution in [0.3, 0.4) is 0 Å². The Labute approximate surface area is 156 Å². The molecule has 132 valence electrons. The van der Waals surface area contributed by atoms with Crippen molar-refractivity contribution >= 4 is 17.5 Å². The van der Waals surface area contributed by atoms with Crippen LogP contribution in [-0.4, -0.2) is 5.91 Å². The number of nitrogens with one attached hydrogen (secondary N) is 1. The van der Waals surface area contributed by atoms with Gasteiger partial charge in [0.15, 0.2) is 0 Å². The van der Waals surface area contributed by atoms with Crippen LogP contribution in [0.15, 0.2) is 72.8 Å². The highest BCUT2D eigenvalue weighted by atomic mass is 35.5. The maximum Gasteiger partial charge on any atom is 0.255 e. The van der Waals surface area contributed by atoms with E-state index >= 15 is 0 Å². The molecule has 3 aromatic carbocycles. The molecule has 0 saturated carbocycles. The second kappa shape index (κ2) is 8.50. The van der Waals surface area contributed by atoms with Gasteiger partial charge in [-0.25, -0.2) is 4.39 Å². The van der Waals surface area contributed by atoms with Gasteiger partial charge in [0.2, 0.25) is 0 Å². The van der Waals surface area contributed by atoms with E-state index < -0.39 is 0 Å². The summed E-state index contributed by atoms with van der Waals surface area (Å²) in [4.78, 5) is 12.5. The van der Waals surface area contributed by atoms with Gasteiger partial charge < -0.3 is 10.1 Å². The number of ether oxygens (including phenoxy) is 1. The summed E-state index contributed by atoms with van der Waals surface area (Å²) < 4.78 is 18.8. The molecule has 3 aromatic rings. The highest BCUT2D eigenvalue weighted by Gasteiger charge is 2.13. The van der Waals surface area contributed by atoms with E-state index in [4.69, 9.17) is 16.3 Å². The molecular formula is C21H17ClFNO2. The van der Waals surface area contributed by atoms with Crippen LogP contribution in [0.5, 0.6) is 5.75 Å². The SMILES string of the molecule is O=C(NCc1ccc(F)cc1)c1cc(Cl)ccc1OCc1ccccc1. The molecule has 1 N–H and O–H groups in total. The normalized spacial score (nSPS) is 10.4. The minimum Gasteiger partial charge on any atom is -0.488 e. The van der Waals surface area contributed by atoms with Crippen LogP contribution in [0.25, 0.3) is 0 Å². The Morgan fingerprint density at radius 2 is 1.69 bits per heavy atom. The summed E-state index contributed by atoms with van der Waals surface area (Å²) in [6.45, 7) is 0.629. The molecule has 0 heterocycles. The zero-order valence-corrected chi connectivity index (χ0v) is 14.7. The second-order valence-corrected chi connectivity index (χ2v) is 6.16. The van der Waals surface area contributed by atoms with Crippen LogP contribution >= 0.6 is 11.6 Å². The van der Waals surface area contributed by atoms with E-state index in [0.29, 0.717) is 22.9 Å². The van der Waals surface area contributed by atoms with Crippen molar-refractivity contribution in [2.75, 3.05) is 0 Å². The zero-order valence-electron chi connectivity index (χ0n) is 13.9. The van der Waals surface area contributed by atoms with Crippen molar-refractivity contribution in [1.29, 1.82) is 0 Å². The Kier molecular flexibility index (Phi) is 5.87. The van der Waals surface area contributed by atoms with Gasteiger partial charge in [0, 0.05) is 11.6 Å². The van der Waals surface area contributed by atoms with E-state index in [0.717, 1.165) is 11.1 Å². The number of hydrogen-bond donors (Lipinski definition) is 1. The number of carbonyl (C=O) groups excluding carboxylic acids is 1. The van der Waals surface area contributed by atoms with Crippen molar-refractivity contribution in [3.63, 3.8) is 0 Å². The van der Waals surface area contributed by atoms with Gasteiger partial charge in [-0.15, -0.1) is 0 Å². The molecule has 0 atom stereocenters. The third kappa shape index (κ3) is 4.83. The number of benzene rings is 3. The molecule has 0 bridgehead atoms. The van der Waals surface area contributed by atoms with Gasteiger partial charge in [0.25, 0.3) is 5.91 Å². The zero-order chi connectivity index (χ0) is 18.4. The number of rotatable bonds is 6. The number of halogens is 2. The lowest BCUT2D eigenvalue weighted by Gasteiger charge is -2.12. The van der Waals surface area contributed by atoms with E-state index in [-0.39, 0.29) is 18.3 Å². The second-order valence-electron chi connectivity index (χ2n) is 5.72. The largest absolute Gasteiger partial charge is 0.488 e. The fourth-order valence-corrected chi connectivity index (χ4v) is 2.59. The lowest BCUT2D eigenvalue weighted by atomic mass is 10.1. The van der Waals surface area contributed by atoms with Gasteiger partial charge in [0.1, 0.15) is 18.2 Å². The van der Waals surface area contributed by atoms with Crippen molar-refractivity contribution in [3.8, 4) is 5.75 Å². The summed E-state index contributed by atoms with van der Waals surface area (Å²) in [6, 6.07) is 20.6. The lowest BCUT2D eigenvalue weighted by molar-refractivity contribution is 0.0946. The Balaban J connectivity index is 1.70. The van der Waals surface area contributed by atoms with Gasteiger partial charge in [-0.1, -0.05) is 54.1 Å². The van der Waals surface area contributed by atoms with Crippen molar-refractivity contribution in [2.24, 2.45) is 0 Å². The minimum absolute atomic E-state index is 0.281. The molecular weight excluding hydrogens is 353 g/mol. The fourth-order valence-electron chi connectivity index (χ4n) is 2.42. The lowest BCUT2D eigenvalue weighted by Crippen LogP contribution is -2.23. The Morgan fingerprint density at radius 3 is 2.42 bits per heavy atom. The van der Waals surface area contributed by atoms with E-state index in [1.807, 2.05) is 30.3 Å². The van der Waals surface area contributed by atoms with Crippen LogP contribution in [0.1, 0.15) is 21.5 Å². The van der Waals surface area contributed by atoms with E-state index in [9.17, 15) is 9.18 Å². The summed E-state index contributed by atoms with van der Waals surface area (Å²) >= 11 is 6.04. The van der Waals surface area contributed by atoms with Crippen LogP contribution in [-0.2, 0) is 13.2 Å². The summed E-state index contributed by atoms with van der Waals surface area (Å²) in [7, 11) is 0. The molecule has 26 heavy (non-hydrogen) atoms. The third-order valence-corrected chi connectivity index (χ3v) is 4.02. The van der Waals surface area contributed by atoms with Gasteiger partial charge in [0.05, 0.1) is 5.56 Å². The van der Waals surface area contributed by atoms with Crippen molar-refractivity contribution in [2.45, 2.75) is 13.2 Å². The first-order valence-corrected chi connectivity index (χ1v) is 8.48. The molecule has 0 fully saturated rings. The first-order valence-electron chi connectivity index (χ1n) is 8.11. The molecule has 3 rings (SSSR count). The molecule has 0 spiro atoms. The Hall–Kier alpha value is -2.85. The Morgan fingerprint density at radius 1 is 0.962 bits per heavy atom. The van der Waals surface area contributed by atoms with Gasteiger partial charge in [-0.05, 0) is 41.5 Å². The van der Waals surface area contributed by atoms with Crippen LogP contribution in [0.4, 0.5) is 4.39 Å². The van der Waals surface area contributed by atoms with Gasteiger partial charge in [-0.3, -0.25) is 4.79 Å². The predicted molar refractivity (Wildman–Crippen MR) is 99.8 cm³/mol. The van der Waals surface area contributed by atoms with Crippen molar-refractivity contribution < 1.29 is 13.9 Å².